The fourth-order valence-corrected chi connectivity index (χ4v) is 2.85. The number of rotatable bonds is 7. The predicted molar refractivity (Wildman–Crippen MR) is 116 cm³/mol. The fourth-order valence-electron chi connectivity index (χ4n) is 2.85. The molecule has 7 nitrogen and oxygen atoms in total. The van der Waals surface area contributed by atoms with Gasteiger partial charge < -0.3 is 15.4 Å². The van der Waals surface area contributed by atoms with Crippen LogP contribution in [0.25, 0.3) is 0 Å². The van der Waals surface area contributed by atoms with Crippen molar-refractivity contribution in [3.63, 3.8) is 0 Å². The second-order valence-corrected chi connectivity index (χ2v) is 6.59. The number of Topliss-reactive ketones (excluding diaryl/α,β-unsaturated/α-hetero) is 1. The molecule has 2 amide bonds. The minimum absolute atomic E-state index is 0.115. The third kappa shape index (κ3) is 5.63. The number of esters is 1. The van der Waals surface area contributed by atoms with E-state index in [4.69, 9.17) is 4.74 Å². The summed E-state index contributed by atoms with van der Waals surface area (Å²) in [6, 6.07) is 21.5. The molecule has 2 N–H and O–H groups in total. The van der Waals surface area contributed by atoms with Gasteiger partial charge in [0.2, 0.25) is 0 Å². The highest BCUT2D eigenvalue weighted by Crippen LogP contribution is 2.18. The SMILES string of the molecule is CC(=O)c1ccccc1NC(=O)COC(=O)c1ccccc1NC(=O)c1ccccc1. The summed E-state index contributed by atoms with van der Waals surface area (Å²) < 4.78 is 5.10. The Morgan fingerprint density at radius 2 is 1.26 bits per heavy atom. The van der Waals surface area contributed by atoms with Crippen LogP contribution >= 0.6 is 0 Å². The Labute approximate surface area is 179 Å². The van der Waals surface area contributed by atoms with E-state index >= 15 is 0 Å². The number of hydrogen-bond donors (Lipinski definition) is 2. The zero-order valence-electron chi connectivity index (χ0n) is 16.8. The molecule has 3 aromatic carbocycles. The first-order valence-corrected chi connectivity index (χ1v) is 9.48. The minimum Gasteiger partial charge on any atom is -0.452 e. The molecule has 0 aromatic heterocycles. The lowest BCUT2D eigenvalue weighted by atomic mass is 10.1. The molecular formula is C24H20N2O5. The number of anilines is 2. The third-order valence-electron chi connectivity index (χ3n) is 4.35. The maximum atomic E-state index is 12.5. The van der Waals surface area contributed by atoms with E-state index in [0.29, 0.717) is 16.8 Å². The first kappa shape index (κ1) is 21.4. The van der Waals surface area contributed by atoms with Crippen molar-refractivity contribution < 1.29 is 23.9 Å². The highest BCUT2D eigenvalue weighted by Gasteiger charge is 2.17. The van der Waals surface area contributed by atoms with E-state index in [0.717, 1.165) is 0 Å². The van der Waals surface area contributed by atoms with Gasteiger partial charge in [-0.2, -0.15) is 0 Å². The van der Waals surface area contributed by atoms with Crippen molar-refractivity contribution in [2.75, 3.05) is 17.2 Å². The van der Waals surface area contributed by atoms with E-state index in [1.807, 2.05) is 0 Å². The van der Waals surface area contributed by atoms with Gasteiger partial charge in [0.1, 0.15) is 0 Å². The summed E-state index contributed by atoms with van der Waals surface area (Å²) in [6.45, 7) is 0.845. The Morgan fingerprint density at radius 1 is 0.710 bits per heavy atom. The number of carbonyl (C=O) groups excluding carboxylic acids is 4. The van der Waals surface area contributed by atoms with E-state index in [-0.39, 0.29) is 22.9 Å². The van der Waals surface area contributed by atoms with Crippen molar-refractivity contribution in [1.29, 1.82) is 0 Å². The summed E-state index contributed by atoms with van der Waals surface area (Å²) in [6.07, 6.45) is 0. The van der Waals surface area contributed by atoms with Crippen LogP contribution in [0.5, 0.6) is 0 Å². The number of para-hydroxylation sites is 2. The van der Waals surface area contributed by atoms with Crippen LogP contribution < -0.4 is 10.6 Å². The van der Waals surface area contributed by atoms with Crippen molar-refractivity contribution in [2.45, 2.75) is 6.92 Å². The molecule has 0 saturated heterocycles. The molecule has 0 aliphatic heterocycles. The topological polar surface area (TPSA) is 102 Å². The Kier molecular flexibility index (Phi) is 6.90. The summed E-state index contributed by atoms with van der Waals surface area (Å²) in [5.74, 6) is -1.93. The van der Waals surface area contributed by atoms with E-state index < -0.39 is 18.5 Å². The molecule has 0 radical (unpaired) electrons. The Hall–Kier alpha value is -4.26. The van der Waals surface area contributed by atoms with Crippen molar-refractivity contribution in [2.24, 2.45) is 0 Å². The van der Waals surface area contributed by atoms with E-state index in [1.54, 1.807) is 72.8 Å². The smallest absolute Gasteiger partial charge is 0.340 e. The van der Waals surface area contributed by atoms with Crippen LogP contribution in [-0.2, 0) is 9.53 Å². The van der Waals surface area contributed by atoms with Crippen LogP contribution in [0.2, 0.25) is 0 Å². The molecule has 156 valence electrons. The Morgan fingerprint density at radius 3 is 1.90 bits per heavy atom. The molecule has 0 aliphatic rings. The van der Waals surface area contributed by atoms with Crippen molar-refractivity contribution >= 4 is 34.9 Å². The zero-order chi connectivity index (χ0) is 22.2. The quantitative estimate of drug-likeness (QED) is 0.449. The molecule has 0 saturated carbocycles. The lowest BCUT2D eigenvalue weighted by Gasteiger charge is -2.12. The average Bonchev–Trinajstić information content (AvgIpc) is 2.78. The molecule has 3 rings (SSSR count). The summed E-state index contributed by atoms with van der Waals surface area (Å²) in [7, 11) is 0. The summed E-state index contributed by atoms with van der Waals surface area (Å²) >= 11 is 0. The van der Waals surface area contributed by atoms with Crippen LogP contribution in [0.4, 0.5) is 11.4 Å². The number of carbonyl (C=O) groups is 4. The van der Waals surface area contributed by atoms with E-state index in [2.05, 4.69) is 10.6 Å². The van der Waals surface area contributed by atoms with E-state index in [9.17, 15) is 19.2 Å². The number of ether oxygens (including phenoxy) is 1. The number of amides is 2. The average molecular weight is 416 g/mol. The Bertz CT molecular complexity index is 1130. The molecule has 0 heterocycles. The molecule has 3 aromatic rings. The molecular weight excluding hydrogens is 396 g/mol. The molecule has 0 spiro atoms. The first-order valence-electron chi connectivity index (χ1n) is 9.48. The minimum atomic E-state index is -0.765. The molecule has 0 fully saturated rings. The monoisotopic (exact) mass is 416 g/mol. The van der Waals surface area contributed by atoms with Crippen LogP contribution in [-0.4, -0.2) is 30.2 Å². The second-order valence-electron chi connectivity index (χ2n) is 6.59. The lowest BCUT2D eigenvalue weighted by molar-refractivity contribution is -0.119. The van der Waals surface area contributed by atoms with Gasteiger partial charge in [0.15, 0.2) is 12.4 Å². The summed E-state index contributed by atoms with van der Waals surface area (Å²) in [5.41, 5.74) is 1.52. The standard InChI is InChI=1S/C24H20N2O5/c1-16(27)18-11-5-7-13-20(18)25-22(28)15-31-24(30)19-12-6-8-14-21(19)26-23(29)17-9-3-2-4-10-17/h2-14H,15H2,1H3,(H,25,28)(H,26,29). The lowest BCUT2D eigenvalue weighted by Crippen LogP contribution is -2.22. The molecule has 0 atom stereocenters. The Balaban J connectivity index is 1.64. The van der Waals surface area contributed by atoms with Gasteiger partial charge in [-0.3, -0.25) is 14.4 Å². The number of nitrogens with one attached hydrogen (secondary N) is 2. The zero-order valence-corrected chi connectivity index (χ0v) is 16.8. The highest BCUT2D eigenvalue weighted by atomic mass is 16.5. The van der Waals surface area contributed by atoms with Crippen LogP contribution in [0.15, 0.2) is 78.9 Å². The van der Waals surface area contributed by atoms with Gasteiger partial charge in [-0.25, -0.2) is 4.79 Å². The third-order valence-corrected chi connectivity index (χ3v) is 4.35. The summed E-state index contributed by atoms with van der Waals surface area (Å²) in [5, 5.41) is 5.24. The highest BCUT2D eigenvalue weighted by molar-refractivity contribution is 6.08. The van der Waals surface area contributed by atoms with Gasteiger partial charge in [-0.1, -0.05) is 42.5 Å². The maximum Gasteiger partial charge on any atom is 0.340 e. The predicted octanol–water partition coefficient (Wildman–Crippen LogP) is 3.94. The number of benzene rings is 3. The number of ketones is 1. The largest absolute Gasteiger partial charge is 0.452 e. The van der Waals surface area contributed by atoms with Gasteiger partial charge in [-0.05, 0) is 43.3 Å². The first-order chi connectivity index (χ1) is 15.0. The maximum absolute atomic E-state index is 12.5. The second kappa shape index (κ2) is 9.98. The van der Waals surface area contributed by atoms with Crippen molar-refractivity contribution in [1.82, 2.24) is 0 Å². The van der Waals surface area contributed by atoms with E-state index in [1.165, 1.54) is 13.0 Å². The van der Waals surface area contributed by atoms with Gasteiger partial charge in [0, 0.05) is 11.1 Å². The fraction of sp³-hybridized carbons (Fsp3) is 0.0833. The normalized spacial score (nSPS) is 10.1. The number of hydrogen-bond acceptors (Lipinski definition) is 5. The van der Waals surface area contributed by atoms with Crippen LogP contribution in [0.3, 0.4) is 0 Å². The van der Waals surface area contributed by atoms with Crippen molar-refractivity contribution in [3.8, 4) is 0 Å². The van der Waals surface area contributed by atoms with Gasteiger partial charge in [-0.15, -0.1) is 0 Å². The van der Waals surface area contributed by atoms with Crippen LogP contribution in [0, 0.1) is 0 Å². The summed E-state index contributed by atoms with van der Waals surface area (Å²) in [4.78, 5) is 48.8. The van der Waals surface area contributed by atoms with Gasteiger partial charge >= 0.3 is 5.97 Å². The van der Waals surface area contributed by atoms with Gasteiger partial charge in [0.25, 0.3) is 11.8 Å². The molecule has 31 heavy (non-hydrogen) atoms. The molecule has 0 aliphatic carbocycles. The molecule has 0 unspecified atom stereocenters. The molecule has 0 bridgehead atoms. The van der Waals surface area contributed by atoms with Crippen molar-refractivity contribution in [3.05, 3.63) is 95.6 Å². The van der Waals surface area contributed by atoms with Gasteiger partial charge in [0.05, 0.1) is 16.9 Å². The molecule has 7 heteroatoms. The van der Waals surface area contributed by atoms with Crippen LogP contribution in [0.1, 0.15) is 38.0 Å².